The molecule has 1 aliphatic heterocycles. The fourth-order valence-electron chi connectivity index (χ4n) is 2.24. The van der Waals surface area contributed by atoms with E-state index in [2.05, 4.69) is 19.5 Å². The van der Waals surface area contributed by atoms with Gasteiger partial charge in [0, 0.05) is 6.42 Å². The first-order valence-corrected chi connectivity index (χ1v) is 8.07. The number of phosphoric ester groups is 1. The summed E-state index contributed by atoms with van der Waals surface area (Å²) in [4.78, 5) is 31.1. The van der Waals surface area contributed by atoms with Crippen molar-refractivity contribution in [3.63, 3.8) is 0 Å². The lowest BCUT2D eigenvalue weighted by molar-refractivity contribution is -0.222. The van der Waals surface area contributed by atoms with Crippen LogP contribution in [0.1, 0.15) is 12.6 Å². The van der Waals surface area contributed by atoms with Crippen LogP contribution in [0.5, 0.6) is 0 Å². The van der Waals surface area contributed by atoms with Crippen LogP contribution in [0.2, 0.25) is 5.15 Å². The molecule has 0 saturated carbocycles. The van der Waals surface area contributed by atoms with Crippen LogP contribution >= 0.6 is 19.4 Å². The average Bonchev–Trinajstić information content (AvgIpc) is 3.00. The summed E-state index contributed by atoms with van der Waals surface area (Å²) in [6.45, 7) is -0.489. The van der Waals surface area contributed by atoms with Gasteiger partial charge in [-0.1, -0.05) is 11.6 Å². The van der Waals surface area contributed by atoms with Crippen molar-refractivity contribution < 1.29 is 28.7 Å². The van der Waals surface area contributed by atoms with Gasteiger partial charge >= 0.3 is 0 Å². The van der Waals surface area contributed by atoms with Gasteiger partial charge in [-0.05, 0) is 0 Å². The number of hydrogen-bond donors (Lipinski definition) is 2. The molecule has 0 spiro atoms. The predicted octanol–water partition coefficient (Wildman–Crippen LogP) is -0.395. The van der Waals surface area contributed by atoms with Crippen LogP contribution in [-0.2, 0) is 13.8 Å². The number of imidazole rings is 1. The number of hydrogen-bond acceptors (Lipinski definition) is 8. The fraction of sp³-hybridized carbons (Fsp3) is 0.500. The van der Waals surface area contributed by atoms with Crippen LogP contribution in [0.4, 0.5) is 0 Å². The number of aromatic nitrogens is 4. The molecule has 0 bridgehead atoms. The van der Waals surface area contributed by atoms with Crippen molar-refractivity contribution in [2.75, 3.05) is 6.61 Å². The number of aliphatic hydroxyl groups excluding tert-OH is 1. The maximum atomic E-state index is 10.6. The summed E-state index contributed by atoms with van der Waals surface area (Å²) < 4.78 is 21.9. The highest BCUT2D eigenvalue weighted by Gasteiger charge is 2.36. The van der Waals surface area contributed by atoms with Gasteiger partial charge in [0.25, 0.3) is 7.82 Å². The number of nitrogens with zero attached hydrogens (tertiary/aromatic N) is 4. The number of rotatable bonds is 4. The predicted molar refractivity (Wildman–Crippen MR) is 70.6 cm³/mol. The van der Waals surface area contributed by atoms with E-state index in [1.807, 2.05) is 0 Å². The van der Waals surface area contributed by atoms with Crippen molar-refractivity contribution in [3.8, 4) is 0 Å². The Morgan fingerprint density at radius 1 is 1.55 bits per heavy atom. The second-order valence-corrected chi connectivity index (χ2v) is 6.24. The summed E-state index contributed by atoms with van der Waals surface area (Å²) in [5.74, 6) is 0. The first-order valence-electron chi connectivity index (χ1n) is 6.20. The highest BCUT2D eigenvalue weighted by atomic mass is 35.5. The third-order valence-corrected chi connectivity index (χ3v) is 3.98. The van der Waals surface area contributed by atoms with E-state index in [1.54, 1.807) is 4.57 Å². The summed E-state index contributed by atoms with van der Waals surface area (Å²) in [6, 6.07) is 0. The Labute approximate surface area is 128 Å². The minimum absolute atomic E-state index is 0.176. The van der Waals surface area contributed by atoms with Gasteiger partial charge in [0.1, 0.15) is 24.2 Å². The lowest BCUT2D eigenvalue weighted by Gasteiger charge is -2.20. The molecule has 120 valence electrons. The van der Waals surface area contributed by atoms with Crippen LogP contribution in [-0.4, -0.2) is 48.3 Å². The maximum absolute atomic E-state index is 10.6. The molecule has 0 aromatic carbocycles. The zero-order chi connectivity index (χ0) is 15.9. The standard InChI is InChI=1S/C10H12ClN4O6P/c11-9-8-10(13-3-12-9)15(4-14-8)7-1-5(16)6(21-7)2-20-22(17,18)19/h3-7,16H,1-2H2,(H2,17,18,19)/p-1/t5-,6+,7+/m0/s1. The third kappa shape index (κ3) is 3.13. The first-order chi connectivity index (χ1) is 10.3. The molecule has 10 nitrogen and oxygen atoms in total. The Hall–Kier alpha value is -1.13. The molecule has 1 saturated heterocycles. The van der Waals surface area contributed by atoms with Gasteiger partial charge in [0.2, 0.25) is 0 Å². The first kappa shape index (κ1) is 15.8. The summed E-state index contributed by atoms with van der Waals surface area (Å²) >= 11 is 5.90. The second-order valence-electron chi connectivity index (χ2n) is 4.69. The number of fused-ring (bicyclic) bond motifs is 1. The van der Waals surface area contributed by atoms with Gasteiger partial charge in [-0.2, -0.15) is 0 Å². The minimum atomic E-state index is -4.87. The summed E-state index contributed by atoms with van der Waals surface area (Å²) in [5.41, 5.74) is 0.816. The number of ether oxygens (including phenoxy) is 1. The molecule has 0 aliphatic carbocycles. The van der Waals surface area contributed by atoms with Gasteiger partial charge in [0.05, 0.1) is 19.0 Å². The molecule has 1 unspecified atom stereocenters. The molecule has 3 rings (SSSR count). The van der Waals surface area contributed by atoms with Crippen LogP contribution < -0.4 is 4.89 Å². The average molecular weight is 350 g/mol. The quantitative estimate of drug-likeness (QED) is 0.556. The maximum Gasteiger partial charge on any atom is 0.265 e. The van der Waals surface area contributed by atoms with Crippen molar-refractivity contribution in [1.82, 2.24) is 19.5 Å². The van der Waals surface area contributed by atoms with Gasteiger partial charge < -0.3 is 24.2 Å². The zero-order valence-electron chi connectivity index (χ0n) is 10.9. The lowest BCUT2D eigenvalue weighted by Crippen LogP contribution is -2.26. The molecule has 1 aliphatic rings. The normalized spacial score (nSPS) is 28.1. The number of phosphoric acid groups is 1. The van der Waals surface area contributed by atoms with E-state index in [0.717, 1.165) is 0 Å². The van der Waals surface area contributed by atoms with Crippen molar-refractivity contribution in [3.05, 3.63) is 17.8 Å². The van der Waals surface area contributed by atoms with E-state index >= 15 is 0 Å². The lowest BCUT2D eigenvalue weighted by atomic mass is 10.2. The number of halogens is 1. The van der Waals surface area contributed by atoms with Gasteiger partial charge in [-0.15, -0.1) is 0 Å². The topological polar surface area (TPSA) is 143 Å². The van der Waals surface area contributed by atoms with Crippen LogP contribution in [0.25, 0.3) is 11.2 Å². The molecule has 2 aromatic rings. The van der Waals surface area contributed by atoms with E-state index < -0.39 is 32.9 Å². The van der Waals surface area contributed by atoms with Gasteiger partial charge in [-0.3, -0.25) is 9.13 Å². The summed E-state index contributed by atoms with van der Waals surface area (Å²) in [5, 5.41) is 10.1. The Balaban J connectivity index is 1.78. The third-order valence-electron chi connectivity index (χ3n) is 3.23. The minimum Gasteiger partial charge on any atom is -0.756 e. The van der Waals surface area contributed by atoms with Crippen molar-refractivity contribution in [2.45, 2.75) is 24.9 Å². The molecule has 22 heavy (non-hydrogen) atoms. The highest BCUT2D eigenvalue weighted by molar-refractivity contribution is 7.44. The van der Waals surface area contributed by atoms with Crippen molar-refractivity contribution in [2.24, 2.45) is 0 Å². The molecule has 1 fully saturated rings. The van der Waals surface area contributed by atoms with E-state index in [1.165, 1.54) is 12.7 Å². The fourth-order valence-corrected chi connectivity index (χ4v) is 2.75. The zero-order valence-corrected chi connectivity index (χ0v) is 12.6. The molecule has 12 heteroatoms. The second kappa shape index (κ2) is 5.82. The largest absolute Gasteiger partial charge is 0.756 e. The molecule has 0 radical (unpaired) electrons. The van der Waals surface area contributed by atoms with E-state index in [9.17, 15) is 14.6 Å². The van der Waals surface area contributed by atoms with Gasteiger partial charge in [0.15, 0.2) is 10.8 Å². The monoisotopic (exact) mass is 349 g/mol. The highest BCUT2D eigenvalue weighted by Crippen LogP contribution is 2.35. The smallest absolute Gasteiger partial charge is 0.265 e. The molecular formula is C10H11ClN4O6P-. The molecule has 4 atom stereocenters. The van der Waals surface area contributed by atoms with E-state index in [-0.39, 0.29) is 11.6 Å². The van der Waals surface area contributed by atoms with E-state index in [4.69, 9.17) is 21.2 Å². The Morgan fingerprint density at radius 3 is 3.05 bits per heavy atom. The summed E-state index contributed by atoms with van der Waals surface area (Å²) in [7, 11) is -4.87. The molecular weight excluding hydrogens is 339 g/mol. The van der Waals surface area contributed by atoms with Crippen LogP contribution in [0.3, 0.4) is 0 Å². The van der Waals surface area contributed by atoms with E-state index in [0.29, 0.717) is 11.2 Å². The Morgan fingerprint density at radius 2 is 2.32 bits per heavy atom. The van der Waals surface area contributed by atoms with Crippen LogP contribution in [0, 0.1) is 0 Å². The Kier molecular flexibility index (Phi) is 4.17. The SMILES string of the molecule is O=P([O-])(O)OC[C@H]1O[C@@H](n2cnc3c(Cl)ncnc32)C[C@@H]1O. The molecule has 3 heterocycles. The van der Waals surface area contributed by atoms with Gasteiger partial charge in [-0.25, -0.2) is 15.0 Å². The van der Waals surface area contributed by atoms with Crippen molar-refractivity contribution in [1.29, 1.82) is 0 Å². The molecule has 0 amide bonds. The Bertz CT molecular complexity index is 735. The molecule has 2 aromatic heterocycles. The summed E-state index contributed by atoms with van der Waals surface area (Å²) in [6.07, 6.45) is 0.394. The molecule has 2 N–H and O–H groups in total. The van der Waals surface area contributed by atoms with Crippen LogP contribution in [0.15, 0.2) is 12.7 Å². The number of aliphatic hydroxyl groups is 1. The van der Waals surface area contributed by atoms with Crippen molar-refractivity contribution >= 4 is 30.6 Å².